The maximum absolute atomic E-state index is 13.3. The molecule has 0 saturated heterocycles. The second kappa shape index (κ2) is 9.87. The van der Waals surface area contributed by atoms with E-state index in [1.165, 1.54) is 25.6 Å². The summed E-state index contributed by atoms with van der Waals surface area (Å²) in [6, 6.07) is 15.3. The molecule has 0 saturated carbocycles. The molecule has 1 heterocycles. The fourth-order valence-corrected chi connectivity index (χ4v) is 5.68. The molecule has 0 atom stereocenters. The van der Waals surface area contributed by atoms with E-state index in [0.29, 0.717) is 53.6 Å². The van der Waals surface area contributed by atoms with Crippen molar-refractivity contribution in [2.24, 2.45) is 0 Å². The van der Waals surface area contributed by atoms with Gasteiger partial charge in [-0.1, -0.05) is 17.7 Å². The molecule has 3 aromatic carbocycles. The van der Waals surface area contributed by atoms with Crippen LogP contribution < -0.4 is 23.8 Å². The van der Waals surface area contributed by atoms with E-state index < -0.39 is 10.0 Å². The highest BCUT2D eigenvalue weighted by atomic mass is 32.2. The smallest absolute Gasteiger partial charge is 0.264 e. The van der Waals surface area contributed by atoms with Crippen molar-refractivity contribution in [1.29, 1.82) is 0 Å². The molecule has 8 nitrogen and oxygen atoms in total. The van der Waals surface area contributed by atoms with E-state index >= 15 is 0 Å². The van der Waals surface area contributed by atoms with Crippen LogP contribution in [-0.2, 0) is 16.4 Å². The van der Waals surface area contributed by atoms with Crippen LogP contribution in [0.5, 0.6) is 17.2 Å². The summed E-state index contributed by atoms with van der Waals surface area (Å²) in [7, 11) is 0.779. The average molecular weight is 497 g/mol. The first-order valence-electron chi connectivity index (χ1n) is 11.1. The number of methoxy groups -OCH3 is 3. The number of nitrogens with one attached hydrogen (secondary N) is 1. The van der Waals surface area contributed by atoms with Crippen LogP contribution in [0.25, 0.3) is 0 Å². The maximum Gasteiger partial charge on any atom is 0.264 e. The van der Waals surface area contributed by atoms with Gasteiger partial charge in [-0.2, -0.15) is 0 Å². The van der Waals surface area contributed by atoms with E-state index in [9.17, 15) is 13.2 Å². The number of nitrogens with zero attached hydrogens (tertiary/aromatic N) is 1. The Morgan fingerprint density at radius 3 is 2.17 bits per heavy atom. The molecule has 0 spiro atoms. The number of benzene rings is 3. The number of rotatable bonds is 7. The zero-order valence-electron chi connectivity index (χ0n) is 20.1. The van der Waals surface area contributed by atoms with Gasteiger partial charge in [-0.3, -0.25) is 9.10 Å². The fraction of sp³-hybridized carbons (Fsp3) is 0.269. The molecule has 0 fully saturated rings. The zero-order valence-corrected chi connectivity index (χ0v) is 20.9. The Morgan fingerprint density at radius 1 is 0.914 bits per heavy atom. The minimum absolute atomic E-state index is 0.260. The molecule has 9 heteroatoms. The summed E-state index contributed by atoms with van der Waals surface area (Å²) in [5.74, 6) is 0.790. The lowest BCUT2D eigenvalue weighted by atomic mass is 10.0. The fourth-order valence-electron chi connectivity index (χ4n) is 4.14. The molecule has 0 aromatic heterocycles. The lowest BCUT2D eigenvalue weighted by Crippen LogP contribution is -2.35. The Labute approximate surface area is 205 Å². The van der Waals surface area contributed by atoms with Gasteiger partial charge in [0.1, 0.15) is 0 Å². The quantitative estimate of drug-likeness (QED) is 0.521. The third-order valence-electron chi connectivity index (χ3n) is 5.95. The number of anilines is 2. The highest BCUT2D eigenvalue weighted by Gasteiger charge is 2.29. The first kappa shape index (κ1) is 24.4. The van der Waals surface area contributed by atoms with Gasteiger partial charge in [-0.15, -0.1) is 0 Å². The number of aryl methyl sites for hydroxylation is 2. The molecule has 1 aliphatic rings. The largest absolute Gasteiger partial charge is 0.493 e. The van der Waals surface area contributed by atoms with E-state index in [2.05, 4.69) is 5.32 Å². The van der Waals surface area contributed by atoms with Crippen molar-refractivity contribution >= 4 is 27.3 Å². The Kier molecular flexibility index (Phi) is 6.88. The number of carbonyl (C=O) groups is 1. The van der Waals surface area contributed by atoms with E-state index in [1.807, 2.05) is 13.0 Å². The molecule has 1 aliphatic heterocycles. The van der Waals surface area contributed by atoms with Crippen LogP contribution in [-0.4, -0.2) is 42.2 Å². The third kappa shape index (κ3) is 4.77. The van der Waals surface area contributed by atoms with Gasteiger partial charge in [0.15, 0.2) is 11.5 Å². The van der Waals surface area contributed by atoms with Gasteiger partial charge >= 0.3 is 0 Å². The molecule has 184 valence electrons. The van der Waals surface area contributed by atoms with Crippen LogP contribution in [0, 0.1) is 6.92 Å². The number of amides is 1. The van der Waals surface area contributed by atoms with Crippen molar-refractivity contribution in [2.45, 2.75) is 24.7 Å². The zero-order chi connectivity index (χ0) is 25.2. The van der Waals surface area contributed by atoms with Crippen LogP contribution in [0.2, 0.25) is 0 Å². The van der Waals surface area contributed by atoms with E-state index in [0.717, 1.165) is 11.1 Å². The van der Waals surface area contributed by atoms with E-state index in [4.69, 9.17) is 14.2 Å². The lowest BCUT2D eigenvalue weighted by molar-refractivity contribution is 0.102. The Balaban J connectivity index is 1.61. The predicted molar refractivity (Wildman–Crippen MR) is 135 cm³/mol. The topological polar surface area (TPSA) is 94.2 Å². The van der Waals surface area contributed by atoms with Crippen molar-refractivity contribution in [3.8, 4) is 17.2 Å². The lowest BCUT2D eigenvalue weighted by Gasteiger charge is -2.31. The minimum atomic E-state index is -3.69. The highest BCUT2D eigenvalue weighted by Crippen LogP contribution is 2.39. The second-order valence-corrected chi connectivity index (χ2v) is 10.1. The molecule has 3 aromatic rings. The molecule has 35 heavy (non-hydrogen) atoms. The van der Waals surface area contributed by atoms with Gasteiger partial charge in [-0.05, 0) is 67.8 Å². The van der Waals surface area contributed by atoms with Crippen LogP contribution in [0.3, 0.4) is 0 Å². The highest BCUT2D eigenvalue weighted by molar-refractivity contribution is 7.92. The number of sulfonamides is 1. The normalized spacial score (nSPS) is 13.1. The van der Waals surface area contributed by atoms with Gasteiger partial charge in [0.2, 0.25) is 5.75 Å². The van der Waals surface area contributed by atoms with Crippen molar-refractivity contribution < 1.29 is 27.4 Å². The Hall–Kier alpha value is -3.72. The minimum Gasteiger partial charge on any atom is -0.493 e. The first-order valence-corrected chi connectivity index (χ1v) is 12.6. The van der Waals surface area contributed by atoms with Crippen LogP contribution in [0.1, 0.15) is 27.9 Å². The summed E-state index contributed by atoms with van der Waals surface area (Å²) < 4.78 is 44.0. The van der Waals surface area contributed by atoms with E-state index in [-0.39, 0.29) is 10.8 Å². The van der Waals surface area contributed by atoms with Gasteiger partial charge in [0, 0.05) is 17.8 Å². The Morgan fingerprint density at radius 2 is 1.57 bits per heavy atom. The van der Waals surface area contributed by atoms with Gasteiger partial charge in [0.25, 0.3) is 15.9 Å². The average Bonchev–Trinajstić information content (AvgIpc) is 2.87. The molecule has 0 aliphatic carbocycles. The molecule has 0 bridgehead atoms. The predicted octanol–water partition coefficient (Wildman–Crippen LogP) is 4.41. The van der Waals surface area contributed by atoms with Gasteiger partial charge in [0.05, 0.1) is 31.9 Å². The second-order valence-electron chi connectivity index (χ2n) is 8.21. The molecule has 1 N–H and O–H groups in total. The molecular formula is C26H28N2O6S. The SMILES string of the molecule is COc1cc(C(=O)Nc2ccc3c(c2)CCCN3S(=O)(=O)c2ccc(C)cc2)cc(OC)c1OC. The molecule has 0 unspecified atom stereocenters. The summed E-state index contributed by atoms with van der Waals surface area (Å²) in [6.07, 6.45) is 1.39. The molecule has 0 radical (unpaired) electrons. The van der Waals surface area contributed by atoms with E-state index in [1.54, 1.807) is 48.5 Å². The summed E-state index contributed by atoms with van der Waals surface area (Å²) in [5.41, 5.74) is 3.38. The third-order valence-corrected chi connectivity index (χ3v) is 7.78. The standard InChI is InChI=1S/C26H28N2O6S/c1-17-7-10-21(11-8-17)35(30,31)28-13-5-6-18-14-20(9-12-22(18)28)27-26(29)19-15-23(32-2)25(34-4)24(16-19)33-3/h7-12,14-16H,5-6,13H2,1-4H3,(H,27,29). The summed E-state index contributed by atoms with van der Waals surface area (Å²) in [5, 5.41) is 2.88. The summed E-state index contributed by atoms with van der Waals surface area (Å²) in [6.45, 7) is 2.32. The Bertz CT molecular complexity index is 1330. The van der Waals surface area contributed by atoms with Gasteiger partial charge < -0.3 is 19.5 Å². The van der Waals surface area contributed by atoms with Crippen molar-refractivity contribution in [3.05, 3.63) is 71.3 Å². The monoisotopic (exact) mass is 496 g/mol. The van der Waals surface area contributed by atoms with Crippen molar-refractivity contribution in [1.82, 2.24) is 0 Å². The van der Waals surface area contributed by atoms with Crippen LogP contribution in [0.15, 0.2) is 59.5 Å². The maximum atomic E-state index is 13.3. The number of hydrogen-bond acceptors (Lipinski definition) is 6. The van der Waals surface area contributed by atoms with Crippen molar-refractivity contribution in [3.63, 3.8) is 0 Å². The number of fused-ring (bicyclic) bond motifs is 1. The number of ether oxygens (including phenoxy) is 3. The molecule has 4 rings (SSSR count). The number of hydrogen-bond donors (Lipinski definition) is 1. The first-order chi connectivity index (χ1) is 16.8. The van der Waals surface area contributed by atoms with Gasteiger partial charge in [-0.25, -0.2) is 8.42 Å². The molecular weight excluding hydrogens is 468 g/mol. The molecule has 1 amide bonds. The number of carbonyl (C=O) groups excluding carboxylic acids is 1. The summed E-state index contributed by atoms with van der Waals surface area (Å²) in [4.78, 5) is 13.2. The van der Waals surface area contributed by atoms with Crippen molar-refractivity contribution in [2.75, 3.05) is 37.5 Å². The van der Waals surface area contributed by atoms with Crippen LogP contribution >= 0.6 is 0 Å². The summed E-state index contributed by atoms with van der Waals surface area (Å²) >= 11 is 0. The van der Waals surface area contributed by atoms with Crippen LogP contribution in [0.4, 0.5) is 11.4 Å².